The van der Waals surface area contributed by atoms with Crippen LogP contribution in [0.4, 0.5) is 0 Å². The molecule has 2 aliphatic rings. The lowest BCUT2D eigenvalue weighted by molar-refractivity contribution is 0.0358. The third-order valence-corrected chi connectivity index (χ3v) is 3.96. The average molecular weight is 198 g/mol. The maximum atomic E-state index is 6.28. The van der Waals surface area contributed by atoms with E-state index in [0.717, 1.165) is 39.3 Å². The van der Waals surface area contributed by atoms with Gasteiger partial charge in [-0.05, 0) is 18.3 Å². The van der Waals surface area contributed by atoms with Crippen LogP contribution >= 0.6 is 0 Å². The molecule has 1 aliphatic heterocycles. The van der Waals surface area contributed by atoms with E-state index >= 15 is 0 Å². The van der Waals surface area contributed by atoms with Crippen LogP contribution in [-0.2, 0) is 4.74 Å². The molecular weight excluding hydrogens is 176 g/mol. The van der Waals surface area contributed by atoms with Crippen molar-refractivity contribution < 1.29 is 4.74 Å². The van der Waals surface area contributed by atoms with E-state index in [9.17, 15) is 0 Å². The minimum Gasteiger partial charge on any atom is -0.379 e. The summed E-state index contributed by atoms with van der Waals surface area (Å²) in [5, 5.41) is 0. The van der Waals surface area contributed by atoms with Gasteiger partial charge in [-0.25, -0.2) is 0 Å². The van der Waals surface area contributed by atoms with Crippen LogP contribution in [0.3, 0.4) is 0 Å². The SMILES string of the molecule is CC1(C)CC1(N)CCN1CCOCC1. The second-order valence-corrected chi connectivity index (χ2v) is 5.42. The van der Waals surface area contributed by atoms with Crippen LogP contribution in [-0.4, -0.2) is 43.3 Å². The van der Waals surface area contributed by atoms with Gasteiger partial charge in [0.05, 0.1) is 13.2 Å². The molecule has 2 N–H and O–H groups in total. The quantitative estimate of drug-likeness (QED) is 0.730. The summed E-state index contributed by atoms with van der Waals surface area (Å²) in [4.78, 5) is 2.46. The van der Waals surface area contributed by atoms with Crippen molar-refractivity contribution in [1.29, 1.82) is 0 Å². The third-order valence-electron chi connectivity index (χ3n) is 3.96. The molecule has 1 saturated carbocycles. The van der Waals surface area contributed by atoms with Gasteiger partial charge in [0.15, 0.2) is 0 Å². The predicted molar refractivity (Wildman–Crippen MR) is 57.2 cm³/mol. The molecule has 3 heteroatoms. The maximum absolute atomic E-state index is 6.28. The van der Waals surface area contributed by atoms with Crippen LogP contribution in [0, 0.1) is 5.41 Å². The molecular formula is C11H22N2O. The van der Waals surface area contributed by atoms with Crippen molar-refractivity contribution in [3.8, 4) is 0 Å². The number of nitrogens with two attached hydrogens (primary N) is 1. The molecule has 2 rings (SSSR count). The van der Waals surface area contributed by atoms with Crippen molar-refractivity contribution in [1.82, 2.24) is 4.90 Å². The summed E-state index contributed by atoms with van der Waals surface area (Å²) in [6.45, 7) is 9.62. The molecule has 0 radical (unpaired) electrons. The second-order valence-electron chi connectivity index (χ2n) is 5.42. The summed E-state index contributed by atoms with van der Waals surface area (Å²) in [7, 11) is 0. The number of ether oxygens (including phenoxy) is 1. The van der Waals surface area contributed by atoms with Gasteiger partial charge in [0.1, 0.15) is 0 Å². The average Bonchev–Trinajstić information content (AvgIpc) is 2.65. The lowest BCUT2D eigenvalue weighted by Crippen LogP contribution is -2.40. The number of morpholine rings is 1. The van der Waals surface area contributed by atoms with Gasteiger partial charge >= 0.3 is 0 Å². The third kappa shape index (κ3) is 1.95. The topological polar surface area (TPSA) is 38.5 Å². The standard InChI is InChI=1S/C11H22N2O/c1-10(2)9-11(10,12)3-4-13-5-7-14-8-6-13/h3-9,12H2,1-2H3. The summed E-state index contributed by atoms with van der Waals surface area (Å²) in [5.41, 5.74) is 6.77. The zero-order chi connectivity index (χ0) is 10.2. The van der Waals surface area contributed by atoms with Crippen molar-refractivity contribution in [3.05, 3.63) is 0 Å². The van der Waals surface area contributed by atoms with Crippen molar-refractivity contribution >= 4 is 0 Å². The molecule has 0 aromatic rings. The Balaban J connectivity index is 1.72. The predicted octanol–water partition coefficient (Wildman–Crippen LogP) is 0.836. The van der Waals surface area contributed by atoms with Crippen LogP contribution in [0.15, 0.2) is 0 Å². The Bertz CT molecular complexity index is 211. The Hall–Kier alpha value is -0.120. The van der Waals surface area contributed by atoms with E-state index < -0.39 is 0 Å². The molecule has 2 fully saturated rings. The van der Waals surface area contributed by atoms with Crippen molar-refractivity contribution in [2.24, 2.45) is 11.1 Å². The molecule has 14 heavy (non-hydrogen) atoms. The van der Waals surface area contributed by atoms with Gasteiger partial charge in [-0.15, -0.1) is 0 Å². The van der Waals surface area contributed by atoms with E-state index in [4.69, 9.17) is 10.5 Å². The van der Waals surface area contributed by atoms with Gasteiger partial charge in [-0.1, -0.05) is 13.8 Å². The zero-order valence-corrected chi connectivity index (χ0v) is 9.38. The summed E-state index contributed by atoms with van der Waals surface area (Å²) in [6, 6.07) is 0. The maximum Gasteiger partial charge on any atom is 0.0594 e. The van der Waals surface area contributed by atoms with Gasteiger partial charge in [0, 0.05) is 25.2 Å². The first-order valence-corrected chi connectivity index (χ1v) is 5.63. The number of hydrogen-bond acceptors (Lipinski definition) is 3. The normalized spacial score (nSPS) is 37.1. The van der Waals surface area contributed by atoms with Crippen LogP contribution in [0.1, 0.15) is 26.7 Å². The number of rotatable bonds is 3. The van der Waals surface area contributed by atoms with Gasteiger partial charge in [0.2, 0.25) is 0 Å². The van der Waals surface area contributed by atoms with E-state index in [1.54, 1.807) is 0 Å². The molecule has 0 aromatic carbocycles. The smallest absolute Gasteiger partial charge is 0.0594 e. The summed E-state index contributed by atoms with van der Waals surface area (Å²) in [6.07, 6.45) is 2.32. The molecule has 0 spiro atoms. The monoisotopic (exact) mass is 198 g/mol. The van der Waals surface area contributed by atoms with Gasteiger partial charge in [-0.3, -0.25) is 4.90 Å². The number of nitrogens with zero attached hydrogens (tertiary/aromatic N) is 1. The summed E-state index contributed by atoms with van der Waals surface area (Å²) < 4.78 is 5.32. The fraction of sp³-hybridized carbons (Fsp3) is 1.00. The van der Waals surface area contributed by atoms with Crippen LogP contribution in [0.2, 0.25) is 0 Å². The Morgan fingerprint density at radius 3 is 2.36 bits per heavy atom. The molecule has 1 atom stereocenters. The first kappa shape index (κ1) is 10.4. The molecule has 3 nitrogen and oxygen atoms in total. The Labute approximate surface area is 86.6 Å². The minimum absolute atomic E-state index is 0.116. The van der Waals surface area contributed by atoms with E-state index in [1.165, 1.54) is 6.42 Å². The Morgan fingerprint density at radius 1 is 1.29 bits per heavy atom. The van der Waals surface area contributed by atoms with E-state index in [1.807, 2.05) is 0 Å². The zero-order valence-electron chi connectivity index (χ0n) is 9.38. The van der Waals surface area contributed by atoms with Gasteiger partial charge in [0.25, 0.3) is 0 Å². The molecule has 0 bridgehead atoms. The second kappa shape index (κ2) is 3.47. The largest absolute Gasteiger partial charge is 0.379 e. The van der Waals surface area contributed by atoms with Crippen molar-refractivity contribution in [3.63, 3.8) is 0 Å². The molecule has 0 amide bonds. The van der Waals surface area contributed by atoms with Crippen molar-refractivity contribution in [2.75, 3.05) is 32.8 Å². The molecule has 82 valence electrons. The molecule has 1 saturated heterocycles. The van der Waals surface area contributed by atoms with Crippen LogP contribution in [0.5, 0.6) is 0 Å². The molecule has 1 unspecified atom stereocenters. The van der Waals surface area contributed by atoms with E-state index in [0.29, 0.717) is 5.41 Å². The van der Waals surface area contributed by atoms with Crippen molar-refractivity contribution in [2.45, 2.75) is 32.2 Å². The van der Waals surface area contributed by atoms with Gasteiger partial charge in [-0.2, -0.15) is 0 Å². The summed E-state index contributed by atoms with van der Waals surface area (Å²) in [5.74, 6) is 0. The van der Waals surface area contributed by atoms with Crippen LogP contribution in [0.25, 0.3) is 0 Å². The molecule has 1 aliphatic carbocycles. The Morgan fingerprint density at radius 2 is 1.86 bits per heavy atom. The highest BCUT2D eigenvalue weighted by Crippen LogP contribution is 2.55. The highest BCUT2D eigenvalue weighted by Gasteiger charge is 2.57. The fourth-order valence-corrected chi connectivity index (χ4v) is 2.35. The first-order valence-electron chi connectivity index (χ1n) is 5.63. The molecule has 1 heterocycles. The minimum atomic E-state index is 0.116. The highest BCUT2D eigenvalue weighted by molar-refractivity contribution is 5.14. The first-order chi connectivity index (χ1) is 6.54. The lowest BCUT2D eigenvalue weighted by Gasteiger charge is -2.28. The van der Waals surface area contributed by atoms with Gasteiger partial charge < -0.3 is 10.5 Å². The van der Waals surface area contributed by atoms with E-state index in [-0.39, 0.29) is 5.54 Å². The number of hydrogen-bond donors (Lipinski definition) is 1. The fourth-order valence-electron chi connectivity index (χ4n) is 2.35. The Kier molecular flexibility index (Phi) is 2.58. The molecule has 0 aromatic heterocycles. The highest BCUT2D eigenvalue weighted by atomic mass is 16.5. The van der Waals surface area contributed by atoms with E-state index in [2.05, 4.69) is 18.7 Å². The lowest BCUT2D eigenvalue weighted by atomic mass is 10.0. The summed E-state index contributed by atoms with van der Waals surface area (Å²) >= 11 is 0. The van der Waals surface area contributed by atoms with Crippen LogP contribution < -0.4 is 5.73 Å².